The SMILES string of the molecule is CCN1CC[C@H](N2C[C@H](c3ccc(F)cc3)[C@@H](N)C2)[C@H](C)C1. The maximum atomic E-state index is 13.1. The summed E-state index contributed by atoms with van der Waals surface area (Å²) < 4.78 is 13.1. The van der Waals surface area contributed by atoms with Gasteiger partial charge in [0, 0.05) is 37.6 Å². The summed E-state index contributed by atoms with van der Waals surface area (Å²) >= 11 is 0. The number of nitrogens with zero attached hydrogens (tertiary/aromatic N) is 2. The highest BCUT2D eigenvalue weighted by molar-refractivity contribution is 5.24. The van der Waals surface area contributed by atoms with Crippen molar-refractivity contribution >= 4 is 0 Å². The molecule has 0 spiro atoms. The quantitative estimate of drug-likeness (QED) is 0.930. The predicted octanol–water partition coefficient (Wildman–Crippen LogP) is 2.28. The minimum absolute atomic E-state index is 0.155. The van der Waals surface area contributed by atoms with Crippen LogP contribution in [0.4, 0.5) is 4.39 Å². The van der Waals surface area contributed by atoms with Crippen molar-refractivity contribution in [2.75, 3.05) is 32.7 Å². The number of hydrogen-bond donors (Lipinski definition) is 1. The molecule has 3 nitrogen and oxygen atoms in total. The van der Waals surface area contributed by atoms with Crippen LogP contribution in [-0.4, -0.2) is 54.6 Å². The molecule has 122 valence electrons. The van der Waals surface area contributed by atoms with Gasteiger partial charge in [-0.3, -0.25) is 4.90 Å². The topological polar surface area (TPSA) is 32.5 Å². The molecule has 2 saturated heterocycles. The molecule has 4 heteroatoms. The third-order valence-corrected chi connectivity index (χ3v) is 5.55. The molecule has 2 aliphatic rings. The van der Waals surface area contributed by atoms with Crippen molar-refractivity contribution in [1.29, 1.82) is 0 Å². The molecule has 2 N–H and O–H groups in total. The van der Waals surface area contributed by atoms with E-state index in [0.717, 1.165) is 19.6 Å². The van der Waals surface area contributed by atoms with E-state index < -0.39 is 0 Å². The summed E-state index contributed by atoms with van der Waals surface area (Å²) in [6.45, 7) is 10.1. The molecule has 2 heterocycles. The zero-order chi connectivity index (χ0) is 15.7. The van der Waals surface area contributed by atoms with E-state index in [1.807, 2.05) is 12.1 Å². The molecule has 0 bridgehead atoms. The van der Waals surface area contributed by atoms with Gasteiger partial charge in [-0.05, 0) is 43.1 Å². The van der Waals surface area contributed by atoms with Crippen molar-refractivity contribution in [3.05, 3.63) is 35.6 Å². The van der Waals surface area contributed by atoms with E-state index in [0.29, 0.717) is 17.9 Å². The van der Waals surface area contributed by atoms with Crippen LogP contribution < -0.4 is 5.73 Å². The van der Waals surface area contributed by atoms with Crippen LogP contribution >= 0.6 is 0 Å². The highest BCUT2D eigenvalue weighted by Crippen LogP contribution is 2.32. The number of piperidine rings is 1. The molecule has 1 aromatic carbocycles. The number of nitrogens with two attached hydrogens (primary N) is 1. The zero-order valence-corrected chi connectivity index (χ0v) is 13.7. The molecule has 4 atom stereocenters. The van der Waals surface area contributed by atoms with Gasteiger partial charge < -0.3 is 10.6 Å². The highest BCUT2D eigenvalue weighted by Gasteiger charge is 2.38. The summed E-state index contributed by atoms with van der Waals surface area (Å²) in [5.74, 6) is 0.845. The fraction of sp³-hybridized carbons (Fsp3) is 0.667. The molecule has 0 aromatic heterocycles. The predicted molar refractivity (Wildman–Crippen MR) is 88.4 cm³/mol. The molecular formula is C18H28FN3. The largest absolute Gasteiger partial charge is 0.326 e. The Morgan fingerprint density at radius 3 is 2.55 bits per heavy atom. The number of hydrogen-bond acceptors (Lipinski definition) is 3. The van der Waals surface area contributed by atoms with Crippen LogP contribution in [0.3, 0.4) is 0 Å². The van der Waals surface area contributed by atoms with E-state index in [1.165, 1.54) is 25.1 Å². The van der Waals surface area contributed by atoms with Crippen molar-refractivity contribution in [1.82, 2.24) is 9.80 Å². The van der Waals surface area contributed by atoms with Crippen LogP contribution in [0, 0.1) is 11.7 Å². The summed E-state index contributed by atoms with van der Waals surface area (Å²) in [5.41, 5.74) is 7.58. The summed E-state index contributed by atoms with van der Waals surface area (Å²) in [5, 5.41) is 0. The summed E-state index contributed by atoms with van der Waals surface area (Å²) in [7, 11) is 0. The fourth-order valence-corrected chi connectivity index (χ4v) is 4.24. The Balaban J connectivity index is 1.66. The molecule has 2 aliphatic heterocycles. The van der Waals surface area contributed by atoms with Crippen LogP contribution in [-0.2, 0) is 0 Å². The van der Waals surface area contributed by atoms with Gasteiger partial charge in [-0.25, -0.2) is 4.39 Å². The van der Waals surface area contributed by atoms with Crippen LogP contribution in [0.1, 0.15) is 31.7 Å². The third-order valence-electron chi connectivity index (χ3n) is 5.55. The van der Waals surface area contributed by atoms with Crippen LogP contribution in [0.2, 0.25) is 0 Å². The van der Waals surface area contributed by atoms with Gasteiger partial charge in [-0.2, -0.15) is 0 Å². The Morgan fingerprint density at radius 2 is 1.91 bits per heavy atom. The molecular weight excluding hydrogens is 277 g/mol. The van der Waals surface area contributed by atoms with E-state index in [2.05, 4.69) is 23.6 Å². The third kappa shape index (κ3) is 3.19. The van der Waals surface area contributed by atoms with E-state index >= 15 is 0 Å². The molecule has 0 amide bonds. The first-order valence-electron chi connectivity index (χ1n) is 8.56. The van der Waals surface area contributed by atoms with Gasteiger partial charge in [-0.15, -0.1) is 0 Å². The molecule has 22 heavy (non-hydrogen) atoms. The Morgan fingerprint density at radius 1 is 1.18 bits per heavy atom. The Kier molecular flexibility index (Phi) is 4.81. The van der Waals surface area contributed by atoms with Crippen molar-refractivity contribution in [2.24, 2.45) is 11.7 Å². The minimum atomic E-state index is -0.173. The molecule has 0 saturated carbocycles. The lowest BCUT2D eigenvalue weighted by Crippen LogP contribution is -2.49. The minimum Gasteiger partial charge on any atom is -0.326 e. The van der Waals surface area contributed by atoms with Gasteiger partial charge in [0.1, 0.15) is 5.82 Å². The first-order valence-corrected chi connectivity index (χ1v) is 8.56. The van der Waals surface area contributed by atoms with Crippen molar-refractivity contribution < 1.29 is 4.39 Å². The van der Waals surface area contributed by atoms with Gasteiger partial charge in [0.2, 0.25) is 0 Å². The zero-order valence-electron chi connectivity index (χ0n) is 13.7. The average Bonchev–Trinajstić information content (AvgIpc) is 2.89. The summed E-state index contributed by atoms with van der Waals surface area (Å²) in [6, 6.07) is 7.68. The van der Waals surface area contributed by atoms with E-state index in [-0.39, 0.29) is 11.9 Å². The van der Waals surface area contributed by atoms with Crippen LogP contribution in [0.15, 0.2) is 24.3 Å². The number of likely N-dealkylation sites (tertiary alicyclic amines) is 2. The highest BCUT2D eigenvalue weighted by atomic mass is 19.1. The standard InChI is InChI=1S/C18H28FN3/c1-3-21-9-8-18(13(2)10-21)22-11-16(17(20)12-22)14-4-6-15(19)7-5-14/h4-7,13,16-18H,3,8-12,20H2,1-2H3/t13-,16-,17+,18+/m1/s1. The van der Waals surface area contributed by atoms with Crippen LogP contribution in [0.25, 0.3) is 0 Å². The lowest BCUT2D eigenvalue weighted by molar-refractivity contribution is 0.0804. The van der Waals surface area contributed by atoms with E-state index in [4.69, 9.17) is 5.73 Å². The van der Waals surface area contributed by atoms with Crippen molar-refractivity contribution in [3.63, 3.8) is 0 Å². The van der Waals surface area contributed by atoms with E-state index in [1.54, 1.807) is 12.1 Å². The number of halogens is 1. The maximum Gasteiger partial charge on any atom is 0.123 e. The fourth-order valence-electron chi connectivity index (χ4n) is 4.24. The van der Waals surface area contributed by atoms with Gasteiger partial charge in [0.25, 0.3) is 0 Å². The maximum absolute atomic E-state index is 13.1. The summed E-state index contributed by atoms with van der Waals surface area (Å²) in [6.07, 6.45) is 1.23. The number of rotatable bonds is 3. The van der Waals surface area contributed by atoms with Gasteiger partial charge >= 0.3 is 0 Å². The summed E-state index contributed by atoms with van der Waals surface area (Å²) in [4.78, 5) is 5.12. The number of benzene rings is 1. The normalized spacial score (nSPS) is 34.2. The Hall–Kier alpha value is -0.970. The van der Waals surface area contributed by atoms with Gasteiger partial charge in [0.15, 0.2) is 0 Å². The van der Waals surface area contributed by atoms with Gasteiger partial charge in [0.05, 0.1) is 0 Å². The lowest BCUT2D eigenvalue weighted by Gasteiger charge is -2.41. The van der Waals surface area contributed by atoms with E-state index in [9.17, 15) is 4.39 Å². The Bertz CT molecular complexity index is 490. The smallest absolute Gasteiger partial charge is 0.123 e. The van der Waals surface area contributed by atoms with Crippen molar-refractivity contribution in [2.45, 2.75) is 38.3 Å². The lowest BCUT2D eigenvalue weighted by atomic mass is 9.92. The second kappa shape index (κ2) is 6.65. The van der Waals surface area contributed by atoms with Crippen molar-refractivity contribution in [3.8, 4) is 0 Å². The molecule has 3 rings (SSSR count). The molecule has 1 aromatic rings. The Labute approximate surface area is 133 Å². The monoisotopic (exact) mass is 305 g/mol. The molecule has 0 unspecified atom stereocenters. The average molecular weight is 305 g/mol. The van der Waals surface area contributed by atoms with Gasteiger partial charge in [-0.1, -0.05) is 26.0 Å². The second-order valence-corrected chi connectivity index (χ2v) is 7.00. The first-order chi connectivity index (χ1) is 10.6. The van der Waals surface area contributed by atoms with Crippen LogP contribution in [0.5, 0.6) is 0 Å². The molecule has 0 aliphatic carbocycles. The second-order valence-electron chi connectivity index (χ2n) is 7.00. The molecule has 2 fully saturated rings. The first kappa shape index (κ1) is 15.9. The molecule has 0 radical (unpaired) electrons.